The molecule has 2 fully saturated rings. The van der Waals surface area contributed by atoms with Gasteiger partial charge >= 0.3 is 12.1 Å². The molecule has 2 aromatic rings. The van der Waals surface area contributed by atoms with Crippen LogP contribution in [0.5, 0.6) is 5.75 Å². The van der Waals surface area contributed by atoms with E-state index in [2.05, 4.69) is 6.92 Å². The monoisotopic (exact) mass is 448 g/mol. The number of esters is 1. The molecule has 2 aliphatic carbocycles. The molecule has 0 radical (unpaired) electrons. The second-order valence-electron chi connectivity index (χ2n) is 9.27. The first-order valence-corrected chi connectivity index (χ1v) is 11.4. The number of benzene rings is 2. The van der Waals surface area contributed by atoms with Crippen molar-refractivity contribution < 1.29 is 27.1 Å². The molecule has 4 rings (SSSR count). The number of hydrogen-bond donors (Lipinski definition) is 0. The Morgan fingerprint density at radius 2 is 1.66 bits per heavy atom. The number of carbonyl (C=O) groups is 1. The van der Waals surface area contributed by atoms with Crippen LogP contribution in [-0.2, 0) is 6.18 Å². The number of hydrogen-bond acceptors (Lipinski definition) is 2. The molecule has 4 unspecified atom stereocenters. The third-order valence-electron chi connectivity index (χ3n) is 7.37. The molecule has 2 nitrogen and oxygen atoms in total. The fourth-order valence-corrected chi connectivity index (χ4v) is 5.50. The van der Waals surface area contributed by atoms with Crippen molar-refractivity contribution in [2.24, 2.45) is 17.8 Å². The van der Waals surface area contributed by atoms with Gasteiger partial charge in [-0.15, -0.1) is 0 Å². The lowest BCUT2D eigenvalue weighted by atomic mass is 9.63. The van der Waals surface area contributed by atoms with E-state index in [1.165, 1.54) is 31.7 Å². The Balaban J connectivity index is 1.40. The van der Waals surface area contributed by atoms with Crippen molar-refractivity contribution in [3.05, 3.63) is 65.0 Å². The number of carbonyl (C=O) groups excluding carboxylic acids is 1. The summed E-state index contributed by atoms with van der Waals surface area (Å²) in [5.74, 6) is 1.17. The smallest absolute Gasteiger partial charge is 0.416 e. The summed E-state index contributed by atoms with van der Waals surface area (Å²) in [6.45, 7) is 2.26. The summed E-state index contributed by atoms with van der Waals surface area (Å²) in [7, 11) is 0. The van der Waals surface area contributed by atoms with Gasteiger partial charge in [-0.3, -0.25) is 0 Å². The van der Waals surface area contributed by atoms with E-state index in [1.54, 1.807) is 12.1 Å². The van der Waals surface area contributed by atoms with Gasteiger partial charge in [-0.05, 0) is 97.7 Å². The molecule has 0 saturated heterocycles. The molecular formula is C26H28F4O2. The van der Waals surface area contributed by atoms with Crippen molar-refractivity contribution in [3.8, 4) is 5.75 Å². The SMILES string of the molecule is CCC1CCC2CC(c3ccc(C(=O)Oc4ccc(C(F)(F)F)cc4)cc3F)CCC2C1. The molecule has 0 N–H and O–H groups in total. The highest BCUT2D eigenvalue weighted by Gasteiger charge is 2.36. The average Bonchev–Trinajstić information content (AvgIpc) is 2.78. The van der Waals surface area contributed by atoms with Gasteiger partial charge in [0.15, 0.2) is 0 Å². The predicted octanol–water partition coefficient (Wildman–Crippen LogP) is 7.77. The molecule has 2 saturated carbocycles. The maximum Gasteiger partial charge on any atom is 0.416 e. The first-order valence-electron chi connectivity index (χ1n) is 11.4. The van der Waals surface area contributed by atoms with Crippen LogP contribution in [0.1, 0.15) is 79.3 Å². The summed E-state index contributed by atoms with van der Waals surface area (Å²) >= 11 is 0. The molecule has 2 aliphatic rings. The summed E-state index contributed by atoms with van der Waals surface area (Å²) in [5, 5.41) is 0. The zero-order chi connectivity index (χ0) is 22.9. The first kappa shape index (κ1) is 22.8. The molecule has 32 heavy (non-hydrogen) atoms. The normalized spacial score (nSPS) is 25.8. The van der Waals surface area contributed by atoms with E-state index >= 15 is 0 Å². The highest BCUT2D eigenvalue weighted by atomic mass is 19.4. The average molecular weight is 449 g/mol. The summed E-state index contributed by atoms with van der Waals surface area (Å²) in [6, 6.07) is 8.25. The Morgan fingerprint density at radius 1 is 0.969 bits per heavy atom. The molecule has 0 aromatic heterocycles. The van der Waals surface area contributed by atoms with E-state index in [-0.39, 0.29) is 17.2 Å². The van der Waals surface area contributed by atoms with Crippen molar-refractivity contribution >= 4 is 5.97 Å². The second kappa shape index (κ2) is 9.24. The Hall–Kier alpha value is -2.37. The summed E-state index contributed by atoms with van der Waals surface area (Å²) in [4.78, 5) is 12.4. The van der Waals surface area contributed by atoms with Crippen LogP contribution >= 0.6 is 0 Å². The first-order chi connectivity index (χ1) is 15.2. The Kier molecular flexibility index (Phi) is 6.59. The summed E-state index contributed by atoms with van der Waals surface area (Å²) in [5.41, 5.74) is -0.138. The molecule has 0 amide bonds. The molecule has 172 valence electrons. The molecule has 2 aromatic carbocycles. The van der Waals surface area contributed by atoms with E-state index < -0.39 is 23.5 Å². The molecule has 0 aliphatic heterocycles. The van der Waals surface area contributed by atoms with E-state index in [4.69, 9.17) is 4.74 Å². The van der Waals surface area contributed by atoms with Gasteiger partial charge in [-0.25, -0.2) is 9.18 Å². The number of halogens is 4. The van der Waals surface area contributed by atoms with E-state index in [0.29, 0.717) is 11.5 Å². The molecule has 0 spiro atoms. The Morgan fingerprint density at radius 3 is 2.31 bits per heavy atom. The standard InChI is InChI=1S/C26H28F4O2/c1-2-16-3-4-18-14-19(6-5-17(18)13-16)23-12-7-20(15-24(23)27)25(31)32-22-10-8-21(9-11-22)26(28,29)30/h7-12,15-19H,2-6,13-14H2,1H3. The Bertz CT molecular complexity index is 951. The molecule has 0 bridgehead atoms. The lowest BCUT2D eigenvalue weighted by Gasteiger charge is -2.42. The van der Waals surface area contributed by atoms with Crippen LogP contribution < -0.4 is 4.74 Å². The summed E-state index contributed by atoms with van der Waals surface area (Å²) in [6.07, 6.45) is 3.65. The minimum atomic E-state index is -4.46. The van der Waals surface area contributed by atoms with Gasteiger partial charge < -0.3 is 4.74 Å². The van der Waals surface area contributed by atoms with E-state index in [1.807, 2.05) is 0 Å². The number of rotatable bonds is 4. The summed E-state index contributed by atoms with van der Waals surface area (Å²) < 4.78 is 58.0. The van der Waals surface area contributed by atoms with Crippen molar-refractivity contribution in [3.63, 3.8) is 0 Å². The molecular weight excluding hydrogens is 420 g/mol. The van der Waals surface area contributed by atoms with Gasteiger partial charge in [-0.2, -0.15) is 13.2 Å². The lowest BCUT2D eigenvalue weighted by molar-refractivity contribution is -0.137. The van der Waals surface area contributed by atoms with Crippen LogP contribution in [0.15, 0.2) is 42.5 Å². The van der Waals surface area contributed by atoms with Crippen LogP contribution in [0, 0.1) is 23.6 Å². The molecule has 6 heteroatoms. The van der Waals surface area contributed by atoms with Crippen LogP contribution in [0.3, 0.4) is 0 Å². The van der Waals surface area contributed by atoms with Gasteiger partial charge in [-0.1, -0.05) is 25.8 Å². The quantitative estimate of drug-likeness (QED) is 0.271. The number of ether oxygens (including phenoxy) is 1. The van der Waals surface area contributed by atoms with Crippen molar-refractivity contribution in [2.45, 2.75) is 64.0 Å². The second-order valence-corrected chi connectivity index (χ2v) is 9.27. The van der Waals surface area contributed by atoms with Gasteiger partial charge in [0.2, 0.25) is 0 Å². The van der Waals surface area contributed by atoms with Gasteiger partial charge in [0.1, 0.15) is 11.6 Å². The van der Waals surface area contributed by atoms with Crippen LogP contribution in [-0.4, -0.2) is 5.97 Å². The minimum absolute atomic E-state index is 0.0199. The van der Waals surface area contributed by atoms with E-state index in [0.717, 1.165) is 55.4 Å². The van der Waals surface area contributed by atoms with Gasteiger partial charge in [0, 0.05) is 0 Å². The van der Waals surface area contributed by atoms with E-state index in [9.17, 15) is 22.4 Å². The molecule has 4 atom stereocenters. The topological polar surface area (TPSA) is 26.3 Å². The van der Waals surface area contributed by atoms with Crippen LogP contribution in [0.2, 0.25) is 0 Å². The van der Waals surface area contributed by atoms with Crippen molar-refractivity contribution in [1.29, 1.82) is 0 Å². The Labute approximate surface area is 186 Å². The lowest BCUT2D eigenvalue weighted by Crippen LogP contribution is -2.30. The highest BCUT2D eigenvalue weighted by molar-refractivity contribution is 5.91. The maximum atomic E-state index is 14.9. The van der Waals surface area contributed by atoms with Gasteiger partial charge in [0.25, 0.3) is 0 Å². The van der Waals surface area contributed by atoms with Gasteiger partial charge in [0.05, 0.1) is 11.1 Å². The third kappa shape index (κ3) is 5.00. The highest BCUT2D eigenvalue weighted by Crippen LogP contribution is 2.48. The minimum Gasteiger partial charge on any atom is -0.423 e. The zero-order valence-electron chi connectivity index (χ0n) is 18.1. The number of fused-ring (bicyclic) bond motifs is 1. The van der Waals surface area contributed by atoms with Crippen LogP contribution in [0.25, 0.3) is 0 Å². The predicted molar refractivity (Wildman–Crippen MR) is 114 cm³/mol. The fourth-order valence-electron chi connectivity index (χ4n) is 5.50. The molecule has 0 heterocycles. The maximum absolute atomic E-state index is 14.9. The number of alkyl halides is 3. The van der Waals surface area contributed by atoms with Crippen molar-refractivity contribution in [1.82, 2.24) is 0 Å². The van der Waals surface area contributed by atoms with Crippen molar-refractivity contribution in [2.75, 3.05) is 0 Å². The zero-order valence-corrected chi connectivity index (χ0v) is 18.1. The van der Waals surface area contributed by atoms with Crippen LogP contribution in [0.4, 0.5) is 17.6 Å². The fraction of sp³-hybridized carbons (Fsp3) is 0.500. The third-order valence-corrected chi connectivity index (χ3v) is 7.37. The largest absolute Gasteiger partial charge is 0.423 e.